The molecule has 1 amide bonds. The molecule has 0 radical (unpaired) electrons. The molecule has 1 saturated carbocycles. The van der Waals surface area contributed by atoms with Crippen molar-refractivity contribution in [3.8, 4) is 6.07 Å². The van der Waals surface area contributed by atoms with Crippen LogP contribution in [0.15, 0.2) is 34.7 Å². The van der Waals surface area contributed by atoms with Gasteiger partial charge in [0.05, 0.1) is 30.8 Å². The van der Waals surface area contributed by atoms with Crippen molar-refractivity contribution in [2.45, 2.75) is 25.3 Å². The summed E-state index contributed by atoms with van der Waals surface area (Å²) in [4.78, 5) is 24.8. The van der Waals surface area contributed by atoms with Crippen LogP contribution in [0.2, 0.25) is 5.02 Å². The second kappa shape index (κ2) is 7.42. The molecular formula is C21H19ClN2O4. The van der Waals surface area contributed by atoms with Crippen LogP contribution < -0.4 is 5.32 Å². The Labute approximate surface area is 167 Å². The van der Waals surface area contributed by atoms with Crippen LogP contribution in [-0.4, -0.2) is 30.9 Å². The van der Waals surface area contributed by atoms with Gasteiger partial charge in [0.2, 0.25) is 0 Å². The highest BCUT2D eigenvalue weighted by molar-refractivity contribution is 6.30. The number of carbonyl (C=O) groups is 2. The molecule has 1 aliphatic carbocycles. The number of ketones is 1. The third-order valence-corrected chi connectivity index (χ3v) is 5.70. The van der Waals surface area contributed by atoms with Gasteiger partial charge in [0, 0.05) is 42.3 Å². The Balaban J connectivity index is 1.68. The van der Waals surface area contributed by atoms with E-state index in [1.54, 1.807) is 18.2 Å². The topological polar surface area (TPSA) is 92.3 Å². The summed E-state index contributed by atoms with van der Waals surface area (Å²) in [5.74, 6) is 0.0517. The maximum absolute atomic E-state index is 13.0. The van der Waals surface area contributed by atoms with Crippen molar-refractivity contribution in [2.75, 3.05) is 13.2 Å². The average molecular weight is 399 g/mol. The average Bonchev–Trinajstić information content (AvgIpc) is 3.07. The molecule has 0 bridgehead atoms. The number of hydrogen-bond donors (Lipinski definition) is 1. The van der Waals surface area contributed by atoms with E-state index in [1.165, 1.54) is 13.0 Å². The molecular weight excluding hydrogens is 380 g/mol. The van der Waals surface area contributed by atoms with Gasteiger partial charge in [-0.3, -0.25) is 9.59 Å². The van der Waals surface area contributed by atoms with E-state index in [4.69, 9.17) is 20.8 Å². The van der Waals surface area contributed by atoms with Crippen molar-refractivity contribution < 1.29 is 18.7 Å². The Kier molecular flexibility index (Phi) is 4.96. The Morgan fingerprint density at radius 2 is 2.07 bits per heavy atom. The lowest BCUT2D eigenvalue weighted by Gasteiger charge is -2.15. The number of furan rings is 1. The van der Waals surface area contributed by atoms with Crippen LogP contribution in [0, 0.1) is 23.2 Å². The third-order valence-electron chi connectivity index (χ3n) is 5.47. The number of halogens is 1. The molecule has 2 heterocycles. The minimum atomic E-state index is -0.500. The highest BCUT2D eigenvalue weighted by atomic mass is 35.5. The fourth-order valence-corrected chi connectivity index (χ4v) is 4.07. The molecule has 7 heteroatoms. The van der Waals surface area contributed by atoms with Crippen LogP contribution in [0.5, 0.6) is 0 Å². The Morgan fingerprint density at radius 1 is 1.32 bits per heavy atom. The number of Topliss-reactive ketones (excluding diaryl/α,β-unsaturated/α-hetero) is 1. The van der Waals surface area contributed by atoms with E-state index in [1.807, 2.05) is 6.07 Å². The van der Waals surface area contributed by atoms with Crippen LogP contribution in [0.1, 0.15) is 51.5 Å². The van der Waals surface area contributed by atoms with Gasteiger partial charge in [0.25, 0.3) is 5.91 Å². The van der Waals surface area contributed by atoms with Gasteiger partial charge in [-0.2, -0.15) is 5.26 Å². The molecule has 4 atom stereocenters. The summed E-state index contributed by atoms with van der Waals surface area (Å²) in [5, 5.41) is 12.9. The molecule has 2 aromatic rings. The molecule has 0 spiro atoms. The third kappa shape index (κ3) is 3.44. The number of fused-ring (bicyclic) bond motifs is 1. The monoisotopic (exact) mass is 398 g/mol. The van der Waals surface area contributed by atoms with Crippen LogP contribution >= 0.6 is 11.6 Å². The van der Waals surface area contributed by atoms with Gasteiger partial charge in [-0.15, -0.1) is 0 Å². The lowest BCUT2D eigenvalue weighted by atomic mass is 9.91. The van der Waals surface area contributed by atoms with Gasteiger partial charge in [0.15, 0.2) is 11.5 Å². The summed E-state index contributed by atoms with van der Waals surface area (Å²) in [5.41, 5.74) is 1.04. The first-order valence-electron chi connectivity index (χ1n) is 9.15. The van der Waals surface area contributed by atoms with Crippen molar-refractivity contribution in [1.82, 2.24) is 5.32 Å². The maximum atomic E-state index is 13.0. The highest BCUT2D eigenvalue weighted by Crippen LogP contribution is 2.44. The van der Waals surface area contributed by atoms with Crippen molar-refractivity contribution in [3.63, 3.8) is 0 Å². The summed E-state index contributed by atoms with van der Waals surface area (Å²) in [6, 6.07) is 10.8. The van der Waals surface area contributed by atoms with Crippen LogP contribution in [0.3, 0.4) is 0 Å². The van der Waals surface area contributed by atoms with Crippen molar-refractivity contribution in [2.24, 2.45) is 11.8 Å². The number of hydrogen-bond acceptors (Lipinski definition) is 5. The molecule has 1 aromatic heterocycles. The molecule has 1 aliphatic heterocycles. The normalized spacial score (nSPS) is 23.5. The van der Waals surface area contributed by atoms with E-state index in [-0.39, 0.29) is 35.5 Å². The van der Waals surface area contributed by atoms with E-state index in [0.717, 1.165) is 5.56 Å². The largest absolute Gasteiger partial charge is 0.456 e. The highest BCUT2D eigenvalue weighted by Gasteiger charge is 2.55. The van der Waals surface area contributed by atoms with Crippen LogP contribution in [0.25, 0.3) is 0 Å². The van der Waals surface area contributed by atoms with Gasteiger partial charge in [-0.1, -0.05) is 23.7 Å². The van der Waals surface area contributed by atoms with Crippen LogP contribution in [-0.2, 0) is 4.74 Å². The lowest BCUT2D eigenvalue weighted by Crippen LogP contribution is -2.30. The second-order valence-electron chi connectivity index (χ2n) is 7.28. The fraction of sp³-hybridized carbons (Fsp3) is 0.381. The Morgan fingerprint density at radius 3 is 2.71 bits per heavy atom. The van der Waals surface area contributed by atoms with E-state index in [0.29, 0.717) is 35.8 Å². The Hall–Kier alpha value is -2.62. The van der Waals surface area contributed by atoms with Gasteiger partial charge in [0.1, 0.15) is 5.76 Å². The van der Waals surface area contributed by atoms with Gasteiger partial charge in [-0.25, -0.2) is 0 Å². The number of benzene rings is 1. The zero-order chi connectivity index (χ0) is 19.8. The molecule has 144 valence electrons. The first-order chi connectivity index (χ1) is 13.5. The van der Waals surface area contributed by atoms with Crippen molar-refractivity contribution >= 4 is 23.3 Å². The van der Waals surface area contributed by atoms with Crippen LogP contribution in [0.4, 0.5) is 0 Å². The van der Waals surface area contributed by atoms with Gasteiger partial charge < -0.3 is 14.5 Å². The summed E-state index contributed by atoms with van der Waals surface area (Å²) in [6.07, 6.45) is 0.0913. The van der Waals surface area contributed by atoms with E-state index in [9.17, 15) is 14.9 Å². The minimum Gasteiger partial charge on any atom is -0.456 e. The number of ether oxygens (including phenoxy) is 1. The number of carbonyl (C=O) groups excluding carboxylic acids is 2. The van der Waals surface area contributed by atoms with Crippen molar-refractivity contribution in [3.05, 3.63) is 58.0 Å². The molecule has 6 nitrogen and oxygen atoms in total. The second-order valence-corrected chi connectivity index (χ2v) is 7.72. The zero-order valence-electron chi connectivity index (χ0n) is 15.3. The number of nitrogens with one attached hydrogen (secondary N) is 1. The number of rotatable bonds is 6. The predicted octanol–water partition coefficient (Wildman–Crippen LogP) is 3.56. The molecule has 2 unspecified atom stereocenters. The lowest BCUT2D eigenvalue weighted by molar-refractivity contribution is 0.0924. The summed E-state index contributed by atoms with van der Waals surface area (Å²) < 4.78 is 11.1. The molecule has 1 saturated heterocycles. The fourth-order valence-electron chi connectivity index (χ4n) is 3.87. The zero-order valence-corrected chi connectivity index (χ0v) is 16.0. The van der Waals surface area contributed by atoms with E-state index in [2.05, 4.69) is 11.4 Å². The first-order valence-corrected chi connectivity index (χ1v) is 9.53. The molecule has 2 fully saturated rings. The minimum absolute atomic E-state index is 0.0883. The van der Waals surface area contributed by atoms with E-state index >= 15 is 0 Å². The van der Waals surface area contributed by atoms with Crippen molar-refractivity contribution in [1.29, 1.82) is 5.26 Å². The molecule has 4 rings (SSSR count). The standard InChI is InChI=1S/C21H19ClN2O4/c1-11(25)18-8-15(21(26)24-19-16-9-27-10-17(16)19)20(28-18)14(5-6-23)12-3-2-4-13(22)7-12/h2-4,7-8,14,16-17,19H,5,9-10H2,1H3,(H,24,26)/t14?,16-,17+,19?. The number of nitriles is 1. The smallest absolute Gasteiger partial charge is 0.255 e. The predicted molar refractivity (Wildman–Crippen MR) is 101 cm³/mol. The first kappa shape index (κ1) is 18.7. The molecule has 28 heavy (non-hydrogen) atoms. The molecule has 1 aromatic carbocycles. The quantitative estimate of drug-likeness (QED) is 0.751. The molecule has 1 N–H and O–H groups in total. The number of nitrogens with zero attached hydrogens (tertiary/aromatic N) is 1. The molecule has 2 aliphatic rings. The summed E-state index contributed by atoms with van der Waals surface area (Å²) >= 11 is 6.11. The van der Waals surface area contributed by atoms with E-state index < -0.39 is 5.92 Å². The van der Waals surface area contributed by atoms with Gasteiger partial charge >= 0.3 is 0 Å². The number of amides is 1. The van der Waals surface area contributed by atoms with Gasteiger partial charge in [-0.05, 0) is 17.7 Å². The SMILES string of the molecule is CC(=O)c1cc(C(=O)NC2[C@H]3COC[C@@H]23)c(C(CC#N)c2cccc(Cl)c2)o1. The summed E-state index contributed by atoms with van der Waals surface area (Å²) in [7, 11) is 0. The summed E-state index contributed by atoms with van der Waals surface area (Å²) in [6.45, 7) is 2.70. The Bertz CT molecular complexity index is 967. The maximum Gasteiger partial charge on any atom is 0.255 e.